The first-order valence-electron chi connectivity index (χ1n) is 4.51. The number of aliphatic hydroxyl groups excluding tert-OH is 1. The van der Waals surface area contributed by atoms with Gasteiger partial charge in [-0.1, -0.05) is 19.1 Å². The Balaban J connectivity index is 2.65. The highest BCUT2D eigenvalue weighted by atomic mass is 35.5. The summed E-state index contributed by atoms with van der Waals surface area (Å²) in [4.78, 5) is 0. The molecular formula is C10H17ClO. The van der Waals surface area contributed by atoms with Crippen LogP contribution in [-0.2, 0) is 0 Å². The predicted octanol–water partition coefficient (Wildman–Crippen LogP) is 2.58. The molecule has 1 aliphatic carbocycles. The van der Waals surface area contributed by atoms with Crippen molar-refractivity contribution in [1.29, 1.82) is 0 Å². The van der Waals surface area contributed by atoms with Gasteiger partial charge < -0.3 is 5.11 Å². The lowest BCUT2D eigenvalue weighted by atomic mass is 9.77. The van der Waals surface area contributed by atoms with Crippen LogP contribution in [-0.4, -0.2) is 16.6 Å². The molecule has 1 rings (SSSR count). The molecule has 0 aromatic carbocycles. The summed E-state index contributed by atoms with van der Waals surface area (Å²) < 4.78 is 0. The molecule has 0 radical (unpaired) electrons. The first kappa shape index (κ1) is 10.1. The van der Waals surface area contributed by atoms with E-state index in [1.54, 1.807) is 0 Å². The van der Waals surface area contributed by atoms with E-state index in [-0.39, 0.29) is 11.3 Å². The maximum absolute atomic E-state index is 9.79. The molecule has 0 saturated heterocycles. The van der Waals surface area contributed by atoms with Crippen molar-refractivity contribution >= 4 is 11.6 Å². The van der Waals surface area contributed by atoms with Gasteiger partial charge in [0.1, 0.15) is 0 Å². The van der Waals surface area contributed by atoms with Gasteiger partial charge in [-0.3, -0.25) is 0 Å². The van der Waals surface area contributed by atoms with Crippen molar-refractivity contribution in [3.05, 3.63) is 12.2 Å². The van der Waals surface area contributed by atoms with E-state index in [1.165, 1.54) is 0 Å². The third kappa shape index (κ3) is 1.83. The minimum atomic E-state index is -0.395. The number of rotatable bonds is 1. The lowest BCUT2D eigenvalue weighted by Gasteiger charge is -2.36. The van der Waals surface area contributed by atoms with Crippen LogP contribution in [0.25, 0.3) is 0 Å². The lowest BCUT2D eigenvalue weighted by molar-refractivity contribution is 0.0704. The molecule has 0 bridgehead atoms. The smallest absolute Gasteiger partial charge is 0.0771 e. The second-order valence-corrected chi connectivity index (χ2v) is 4.45. The van der Waals surface area contributed by atoms with E-state index in [0.717, 1.165) is 18.4 Å². The minimum Gasteiger partial charge on any atom is -0.391 e. The average Bonchev–Trinajstić information content (AvgIpc) is 2.00. The monoisotopic (exact) mass is 188 g/mol. The zero-order valence-electron chi connectivity index (χ0n) is 7.76. The Morgan fingerprint density at radius 1 is 1.50 bits per heavy atom. The van der Waals surface area contributed by atoms with E-state index in [2.05, 4.69) is 13.5 Å². The highest BCUT2D eigenvalue weighted by Crippen LogP contribution is 2.35. The maximum Gasteiger partial charge on any atom is 0.0771 e. The fourth-order valence-corrected chi connectivity index (χ4v) is 2.17. The molecule has 1 nitrogen and oxygen atoms in total. The second kappa shape index (κ2) is 3.80. The van der Waals surface area contributed by atoms with Gasteiger partial charge in [-0.15, -0.1) is 11.6 Å². The van der Waals surface area contributed by atoms with Crippen LogP contribution in [0.3, 0.4) is 0 Å². The van der Waals surface area contributed by atoms with Crippen molar-refractivity contribution in [2.24, 2.45) is 11.8 Å². The molecule has 1 N–H and O–H groups in total. The van der Waals surface area contributed by atoms with Crippen molar-refractivity contribution in [1.82, 2.24) is 0 Å². The molecule has 0 heterocycles. The molecule has 0 aromatic heterocycles. The number of halogens is 1. The molecule has 4 atom stereocenters. The van der Waals surface area contributed by atoms with Crippen LogP contribution < -0.4 is 0 Å². The summed E-state index contributed by atoms with van der Waals surface area (Å²) in [5, 5.41) is 9.69. The molecule has 12 heavy (non-hydrogen) atoms. The number of alkyl halides is 1. The van der Waals surface area contributed by atoms with E-state index in [9.17, 15) is 5.11 Å². The predicted molar refractivity (Wildman–Crippen MR) is 52.3 cm³/mol. The van der Waals surface area contributed by atoms with Crippen LogP contribution in [0, 0.1) is 11.8 Å². The number of hydrogen-bond acceptors (Lipinski definition) is 1. The Hall–Kier alpha value is -0.0100. The molecule has 0 aliphatic heterocycles. The summed E-state index contributed by atoms with van der Waals surface area (Å²) in [6.07, 6.45) is 1.73. The van der Waals surface area contributed by atoms with Crippen molar-refractivity contribution in [3.63, 3.8) is 0 Å². The Morgan fingerprint density at radius 2 is 2.08 bits per heavy atom. The van der Waals surface area contributed by atoms with Gasteiger partial charge >= 0.3 is 0 Å². The minimum absolute atomic E-state index is 0.0968. The molecule has 2 heteroatoms. The van der Waals surface area contributed by atoms with Gasteiger partial charge in [0.05, 0.1) is 11.5 Å². The molecular weight excluding hydrogens is 172 g/mol. The summed E-state index contributed by atoms with van der Waals surface area (Å²) in [7, 11) is 0. The first-order valence-corrected chi connectivity index (χ1v) is 4.95. The first-order chi connectivity index (χ1) is 5.54. The zero-order valence-corrected chi connectivity index (χ0v) is 8.51. The van der Waals surface area contributed by atoms with Crippen molar-refractivity contribution < 1.29 is 5.11 Å². The summed E-state index contributed by atoms with van der Waals surface area (Å²) in [6, 6.07) is 0. The summed E-state index contributed by atoms with van der Waals surface area (Å²) in [6.45, 7) is 7.93. The molecule has 0 amide bonds. The largest absolute Gasteiger partial charge is 0.391 e. The lowest BCUT2D eigenvalue weighted by Crippen LogP contribution is -2.39. The van der Waals surface area contributed by atoms with Crippen LogP contribution in [0.2, 0.25) is 0 Å². The van der Waals surface area contributed by atoms with Gasteiger partial charge in [0.25, 0.3) is 0 Å². The molecule has 1 saturated carbocycles. The van der Waals surface area contributed by atoms with Gasteiger partial charge in [-0.25, -0.2) is 0 Å². The highest BCUT2D eigenvalue weighted by Gasteiger charge is 2.35. The van der Waals surface area contributed by atoms with Gasteiger partial charge in [-0.05, 0) is 25.7 Å². The van der Waals surface area contributed by atoms with E-state index in [0.29, 0.717) is 5.92 Å². The fourth-order valence-electron chi connectivity index (χ4n) is 1.87. The van der Waals surface area contributed by atoms with Crippen LogP contribution >= 0.6 is 11.6 Å². The SMILES string of the molecule is C=C(C)C1CCC(C)C(Cl)C1O. The molecule has 0 spiro atoms. The van der Waals surface area contributed by atoms with Crippen LogP contribution in [0.4, 0.5) is 0 Å². The summed E-state index contributed by atoms with van der Waals surface area (Å²) >= 11 is 6.07. The topological polar surface area (TPSA) is 20.2 Å². The van der Waals surface area contributed by atoms with Gasteiger partial charge in [0.15, 0.2) is 0 Å². The Bertz CT molecular complexity index is 179. The number of aliphatic hydroxyl groups is 1. The van der Waals surface area contributed by atoms with Crippen molar-refractivity contribution in [2.75, 3.05) is 0 Å². The number of hydrogen-bond donors (Lipinski definition) is 1. The fraction of sp³-hybridized carbons (Fsp3) is 0.800. The molecule has 0 aromatic rings. The van der Waals surface area contributed by atoms with Crippen LogP contribution in [0.15, 0.2) is 12.2 Å². The van der Waals surface area contributed by atoms with Gasteiger partial charge in [0, 0.05) is 5.92 Å². The van der Waals surface area contributed by atoms with Gasteiger partial charge in [-0.2, -0.15) is 0 Å². The standard InChI is InChI=1S/C10H17ClO/c1-6(2)8-5-4-7(3)9(11)10(8)12/h7-10,12H,1,4-5H2,2-3H3. The molecule has 70 valence electrons. The van der Waals surface area contributed by atoms with Crippen molar-refractivity contribution in [2.45, 2.75) is 38.2 Å². The third-order valence-electron chi connectivity index (χ3n) is 2.85. The summed E-state index contributed by atoms with van der Waals surface area (Å²) in [5.41, 5.74) is 1.06. The van der Waals surface area contributed by atoms with Gasteiger partial charge in [0.2, 0.25) is 0 Å². The molecule has 1 fully saturated rings. The highest BCUT2D eigenvalue weighted by molar-refractivity contribution is 6.21. The quantitative estimate of drug-likeness (QED) is 0.496. The normalized spacial score (nSPS) is 42.7. The third-order valence-corrected chi connectivity index (χ3v) is 3.54. The van der Waals surface area contributed by atoms with E-state index >= 15 is 0 Å². The Labute approximate surface area is 79.4 Å². The maximum atomic E-state index is 9.79. The van der Waals surface area contributed by atoms with Crippen LogP contribution in [0.1, 0.15) is 26.7 Å². The zero-order chi connectivity index (χ0) is 9.30. The van der Waals surface area contributed by atoms with Crippen LogP contribution in [0.5, 0.6) is 0 Å². The van der Waals surface area contributed by atoms with E-state index in [4.69, 9.17) is 11.6 Å². The van der Waals surface area contributed by atoms with Crippen molar-refractivity contribution in [3.8, 4) is 0 Å². The van der Waals surface area contributed by atoms with E-state index < -0.39 is 6.10 Å². The summed E-state index contributed by atoms with van der Waals surface area (Å²) in [5.74, 6) is 0.640. The average molecular weight is 189 g/mol. The molecule has 1 aliphatic rings. The Morgan fingerprint density at radius 3 is 2.58 bits per heavy atom. The second-order valence-electron chi connectivity index (χ2n) is 3.94. The molecule has 4 unspecified atom stereocenters. The Kier molecular flexibility index (Phi) is 3.19. The van der Waals surface area contributed by atoms with E-state index in [1.807, 2.05) is 6.92 Å².